The summed E-state index contributed by atoms with van der Waals surface area (Å²) in [6.45, 7) is 7.07. The molecule has 3 aromatic rings. The molecular formula is C32H37F5N4O2S. The number of piperidine rings is 1. The number of likely N-dealkylation sites (tertiary alicyclic amines) is 1. The number of rotatable bonds is 9. The summed E-state index contributed by atoms with van der Waals surface area (Å²) < 4.78 is 80.3. The molecule has 0 amide bonds. The van der Waals surface area contributed by atoms with E-state index in [0.717, 1.165) is 36.3 Å². The maximum absolute atomic E-state index is 15.0. The number of thiophene rings is 1. The zero-order chi connectivity index (χ0) is 31.3. The van der Waals surface area contributed by atoms with Gasteiger partial charge in [-0.15, -0.1) is 11.3 Å². The van der Waals surface area contributed by atoms with Crippen LogP contribution in [-0.2, 0) is 11.2 Å². The summed E-state index contributed by atoms with van der Waals surface area (Å²) in [4.78, 5) is 4.55. The van der Waals surface area contributed by atoms with Crippen LogP contribution < -0.4 is 20.3 Å². The highest BCUT2D eigenvalue weighted by atomic mass is 32.1. The molecule has 0 spiro atoms. The van der Waals surface area contributed by atoms with E-state index in [1.807, 2.05) is 6.07 Å². The van der Waals surface area contributed by atoms with Crippen LogP contribution in [0.3, 0.4) is 0 Å². The molecule has 2 fully saturated rings. The Balaban J connectivity index is 1.36. The molecule has 0 bridgehead atoms. The van der Waals surface area contributed by atoms with Gasteiger partial charge in [-0.05, 0) is 43.7 Å². The van der Waals surface area contributed by atoms with E-state index in [2.05, 4.69) is 41.2 Å². The Bertz CT molecular complexity index is 1490. The van der Waals surface area contributed by atoms with Crippen LogP contribution in [0.1, 0.15) is 37.1 Å². The highest BCUT2D eigenvalue weighted by Crippen LogP contribution is 2.40. The minimum atomic E-state index is -4.41. The molecular weight excluding hydrogens is 599 g/mol. The van der Waals surface area contributed by atoms with Gasteiger partial charge >= 0.3 is 6.18 Å². The van der Waals surface area contributed by atoms with Crippen LogP contribution in [0.15, 0.2) is 30.3 Å². The first-order valence-corrected chi connectivity index (χ1v) is 15.6. The SMILES string of the molecule is CC(C)N1CCC(Nc2cccc3c(CC(F)(F)F)c(C#CCNc4cc(F)c(N5CCOCC5)cc4OCF)sc23)CC1. The first-order valence-electron chi connectivity index (χ1n) is 14.8. The van der Waals surface area contributed by atoms with Crippen LogP contribution in [-0.4, -0.2) is 76.0 Å². The standard InChI is InChI=1S/C32H37F5N4O2S/c1-21(2)40-11-8-22(9-12-40)39-26-6-3-5-23-24(19-32(35,36)37)30(44-31(23)26)7-4-10-38-27-17-25(34)28(18-29(27)43-20-33)41-13-15-42-16-14-41/h3,5-6,17-18,21-22,38-39H,8-16,19-20H2,1-2H3. The maximum Gasteiger partial charge on any atom is 0.393 e. The number of hydrogen-bond donors (Lipinski definition) is 2. The Morgan fingerprint density at radius 1 is 1.09 bits per heavy atom. The molecule has 2 saturated heterocycles. The summed E-state index contributed by atoms with van der Waals surface area (Å²) >= 11 is 1.24. The van der Waals surface area contributed by atoms with Gasteiger partial charge < -0.3 is 29.9 Å². The number of anilines is 3. The fourth-order valence-corrected chi connectivity index (χ4v) is 6.88. The second-order valence-corrected chi connectivity index (χ2v) is 12.3. The molecule has 5 rings (SSSR count). The van der Waals surface area contributed by atoms with Crippen LogP contribution in [0.4, 0.5) is 39.0 Å². The number of alkyl halides is 4. The van der Waals surface area contributed by atoms with Crippen molar-refractivity contribution in [3.63, 3.8) is 0 Å². The van der Waals surface area contributed by atoms with Crippen molar-refractivity contribution in [1.29, 1.82) is 0 Å². The molecule has 0 aliphatic carbocycles. The smallest absolute Gasteiger partial charge is 0.393 e. The van der Waals surface area contributed by atoms with Crippen molar-refractivity contribution in [1.82, 2.24) is 4.90 Å². The number of hydrogen-bond acceptors (Lipinski definition) is 7. The highest BCUT2D eigenvalue weighted by molar-refractivity contribution is 7.20. The van der Waals surface area contributed by atoms with Crippen LogP contribution >= 0.6 is 11.3 Å². The topological polar surface area (TPSA) is 49.0 Å². The molecule has 44 heavy (non-hydrogen) atoms. The average molecular weight is 637 g/mol. The van der Waals surface area contributed by atoms with E-state index >= 15 is 0 Å². The third-order valence-electron chi connectivity index (χ3n) is 8.00. The Labute approximate surface area is 258 Å². The maximum atomic E-state index is 15.0. The van der Waals surface area contributed by atoms with E-state index in [-0.39, 0.29) is 35.3 Å². The zero-order valence-electron chi connectivity index (χ0n) is 24.8. The molecule has 3 heterocycles. The predicted molar refractivity (Wildman–Crippen MR) is 166 cm³/mol. The highest BCUT2D eigenvalue weighted by Gasteiger charge is 2.31. The summed E-state index contributed by atoms with van der Waals surface area (Å²) in [6, 6.07) is 8.76. The van der Waals surface area contributed by atoms with Crippen molar-refractivity contribution in [3.8, 4) is 17.6 Å². The average Bonchev–Trinajstić information content (AvgIpc) is 3.33. The minimum Gasteiger partial charge on any atom is -0.461 e. The van der Waals surface area contributed by atoms with E-state index < -0.39 is 25.3 Å². The summed E-state index contributed by atoms with van der Waals surface area (Å²) in [5.74, 6) is 5.40. The van der Waals surface area contributed by atoms with Gasteiger partial charge in [-0.1, -0.05) is 24.0 Å². The molecule has 0 atom stereocenters. The summed E-state index contributed by atoms with van der Waals surface area (Å²) in [6.07, 6.45) is -3.59. The fraction of sp³-hybridized carbons (Fsp3) is 0.500. The molecule has 2 aliphatic heterocycles. The molecule has 2 aromatic carbocycles. The molecule has 0 radical (unpaired) electrons. The van der Waals surface area contributed by atoms with E-state index in [1.165, 1.54) is 23.5 Å². The summed E-state index contributed by atoms with van der Waals surface area (Å²) in [7, 11) is 0. The predicted octanol–water partition coefficient (Wildman–Crippen LogP) is 7.04. The van der Waals surface area contributed by atoms with Crippen LogP contribution in [0.5, 0.6) is 5.75 Å². The number of fused-ring (bicyclic) bond motifs is 1. The van der Waals surface area contributed by atoms with Gasteiger partial charge in [0.1, 0.15) is 11.6 Å². The lowest BCUT2D eigenvalue weighted by Crippen LogP contribution is -2.42. The summed E-state index contributed by atoms with van der Waals surface area (Å²) in [5.41, 5.74) is 1.44. The molecule has 0 saturated carbocycles. The van der Waals surface area contributed by atoms with E-state index in [1.54, 1.807) is 17.0 Å². The normalized spacial score (nSPS) is 16.7. The Morgan fingerprint density at radius 3 is 2.52 bits per heavy atom. The third kappa shape index (κ3) is 7.86. The minimum absolute atomic E-state index is 0.0157. The van der Waals surface area contributed by atoms with Gasteiger partial charge in [0, 0.05) is 50.4 Å². The molecule has 6 nitrogen and oxygen atoms in total. The molecule has 2 aliphatic rings. The molecule has 2 N–H and O–H groups in total. The Kier molecular flexibility index (Phi) is 10.4. The lowest BCUT2D eigenvalue weighted by Gasteiger charge is -2.35. The number of halogens is 5. The van der Waals surface area contributed by atoms with Crippen molar-refractivity contribution in [2.75, 3.05) is 68.3 Å². The Hall–Kier alpha value is -3.27. The van der Waals surface area contributed by atoms with Crippen molar-refractivity contribution in [2.24, 2.45) is 0 Å². The van der Waals surface area contributed by atoms with Gasteiger partial charge in [-0.25, -0.2) is 8.78 Å². The molecule has 12 heteroatoms. The second-order valence-electron chi connectivity index (χ2n) is 11.2. The van der Waals surface area contributed by atoms with Crippen molar-refractivity contribution in [3.05, 3.63) is 46.6 Å². The van der Waals surface area contributed by atoms with Gasteiger partial charge in [0.2, 0.25) is 6.86 Å². The van der Waals surface area contributed by atoms with Gasteiger partial charge in [0.15, 0.2) is 0 Å². The quantitative estimate of drug-likeness (QED) is 0.194. The van der Waals surface area contributed by atoms with Crippen LogP contribution in [0.25, 0.3) is 10.1 Å². The van der Waals surface area contributed by atoms with E-state index in [9.17, 15) is 22.0 Å². The van der Waals surface area contributed by atoms with Gasteiger partial charge in [0.25, 0.3) is 0 Å². The molecule has 0 unspecified atom stereocenters. The number of ether oxygens (including phenoxy) is 2. The molecule has 238 valence electrons. The van der Waals surface area contributed by atoms with Crippen LogP contribution in [0, 0.1) is 17.7 Å². The van der Waals surface area contributed by atoms with Crippen molar-refractivity contribution < 1.29 is 31.4 Å². The fourth-order valence-electron chi connectivity index (χ4n) is 5.71. The number of benzene rings is 2. The number of morpholine rings is 1. The summed E-state index contributed by atoms with van der Waals surface area (Å²) in [5, 5.41) is 7.05. The van der Waals surface area contributed by atoms with Gasteiger partial charge in [-0.2, -0.15) is 13.2 Å². The monoisotopic (exact) mass is 636 g/mol. The largest absolute Gasteiger partial charge is 0.461 e. The van der Waals surface area contributed by atoms with Crippen LogP contribution in [0.2, 0.25) is 0 Å². The van der Waals surface area contributed by atoms with Crippen molar-refractivity contribution >= 4 is 38.5 Å². The van der Waals surface area contributed by atoms with E-state index in [0.29, 0.717) is 42.6 Å². The zero-order valence-corrected chi connectivity index (χ0v) is 25.6. The molecule has 1 aromatic heterocycles. The lowest BCUT2D eigenvalue weighted by molar-refractivity contribution is -0.126. The first kappa shape index (κ1) is 32.1. The Morgan fingerprint density at radius 2 is 1.84 bits per heavy atom. The first-order chi connectivity index (χ1) is 21.1. The lowest BCUT2D eigenvalue weighted by atomic mass is 10.0. The third-order valence-corrected chi connectivity index (χ3v) is 9.19. The van der Waals surface area contributed by atoms with Gasteiger partial charge in [-0.3, -0.25) is 0 Å². The number of nitrogens with zero attached hydrogens (tertiary/aromatic N) is 2. The number of nitrogens with one attached hydrogen (secondary N) is 2. The van der Waals surface area contributed by atoms with Crippen molar-refractivity contribution in [2.45, 2.75) is 51.4 Å². The van der Waals surface area contributed by atoms with Gasteiger partial charge in [0.05, 0.1) is 52.8 Å². The second kappa shape index (κ2) is 14.2. The van der Waals surface area contributed by atoms with E-state index in [4.69, 9.17) is 9.47 Å².